The van der Waals surface area contributed by atoms with Gasteiger partial charge in [0, 0.05) is 12.7 Å². The van der Waals surface area contributed by atoms with Crippen LogP contribution in [0.5, 0.6) is 0 Å². The van der Waals surface area contributed by atoms with Gasteiger partial charge in [-0.2, -0.15) is 0 Å². The molecule has 0 aliphatic carbocycles. The average Bonchev–Trinajstić information content (AvgIpc) is 3.09. The van der Waals surface area contributed by atoms with Gasteiger partial charge in [-0.3, -0.25) is 9.20 Å². The Bertz CT molecular complexity index is 1020. The van der Waals surface area contributed by atoms with E-state index in [9.17, 15) is 9.59 Å². The van der Waals surface area contributed by atoms with Crippen molar-refractivity contribution in [2.45, 2.75) is 33.6 Å². The Labute approximate surface area is 174 Å². The first kappa shape index (κ1) is 22.3. The summed E-state index contributed by atoms with van der Waals surface area (Å²) in [7, 11) is 0. The number of likely N-dealkylation sites (N-methyl/N-ethyl adjacent to an activating group) is 1. The van der Waals surface area contributed by atoms with E-state index in [0.29, 0.717) is 39.8 Å². The van der Waals surface area contributed by atoms with Crippen LogP contribution < -0.4 is 5.56 Å². The molecule has 3 aromatic rings. The van der Waals surface area contributed by atoms with Gasteiger partial charge in [0.05, 0.1) is 10.9 Å². The molecule has 0 atom stereocenters. The van der Waals surface area contributed by atoms with Gasteiger partial charge >= 0.3 is 5.97 Å². The minimum Gasteiger partial charge on any atom is -0.460 e. The van der Waals surface area contributed by atoms with Crippen molar-refractivity contribution in [3.8, 4) is 0 Å². The van der Waals surface area contributed by atoms with Crippen molar-refractivity contribution in [1.29, 1.82) is 0 Å². The molecule has 0 aliphatic heterocycles. The van der Waals surface area contributed by atoms with Gasteiger partial charge in [0.15, 0.2) is 4.96 Å². The Morgan fingerprint density at radius 1 is 1.29 bits per heavy atom. The molecule has 2 aromatic heterocycles. The molecule has 2 heterocycles. The number of halogens is 1. The molecule has 0 N–H and O–H groups in total. The largest absolute Gasteiger partial charge is 0.460 e. The molecule has 0 saturated heterocycles. The van der Waals surface area contributed by atoms with Crippen LogP contribution in [0, 0.1) is 0 Å². The SMILES string of the molecule is CCN(CC)CCOC(=O)c1cn2c(=O)c3cc(C(C)C)ccc3nc2s1.Cl. The highest BCUT2D eigenvalue weighted by atomic mass is 35.5. The second kappa shape index (κ2) is 9.49. The van der Waals surface area contributed by atoms with E-state index in [-0.39, 0.29) is 18.0 Å². The van der Waals surface area contributed by atoms with E-state index in [1.807, 2.05) is 18.2 Å². The third-order valence-corrected chi connectivity index (χ3v) is 5.71. The molecular formula is C20H26ClN3O3S. The van der Waals surface area contributed by atoms with Crippen LogP contribution in [0.3, 0.4) is 0 Å². The van der Waals surface area contributed by atoms with Crippen LogP contribution in [0.2, 0.25) is 0 Å². The number of hydrogen-bond donors (Lipinski definition) is 0. The number of carbonyl (C=O) groups is 1. The molecule has 0 bridgehead atoms. The van der Waals surface area contributed by atoms with E-state index < -0.39 is 5.97 Å². The maximum Gasteiger partial charge on any atom is 0.350 e. The summed E-state index contributed by atoms with van der Waals surface area (Å²) >= 11 is 1.18. The summed E-state index contributed by atoms with van der Waals surface area (Å²) in [6.45, 7) is 11.2. The quantitative estimate of drug-likeness (QED) is 0.538. The van der Waals surface area contributed by atoms with Crippen molar-refractivity contribution >= 4 is 45.6 Å². The highest BCUT2D eigenvalue weighted by Gasteiger charge is 2.16. The molecular weight excluding hydrogens is 398 g/mol. The monoisotopic (exact) mass is 423 g/mol. The summed E-state index contributed by atoms with van der Waals surface area (Å²) in [6, 6.07) is 5.75. The number of esters is 1. The number of nitrogens with zero attached hydrogens (tertiary/aromatic N) is 3. The molecule has 0 radical (unpaired) electrons. The van der Waals surface area contributed by atoms with E-state index >= 15 is 0 Å². The number of fused-ring (bicyclic) bond motifs is 2. The highest BCUT2D eigenvalue weighted by Crippen LogP contribution is 2.21. The lowest BCUT2D eigenvalue weighted by atomic mass is 10.0. The Morgan fingerprint density at radius 2 is 2.00 bits per heavy atom. The zero-order valence-electron chi connectivity index (χ0n) is 16.6. The van der Waals surface area contributed by atoms with Crippen LogP contribution in [0.4, 0.5) is 0 Å². The van der Waals surface area contributed by atoms with Gasteiger partial charge in [-0.05, 0) is 36.7 Å². The van der Waals surface area contributed by atoms with Crippen LogP contribution in [0.1, 0.15) is 48.8 Å². The molecule has 0 aliphatic rings. The van der Waals surface area contributed by atoms with Crippen molar-refractivity contribution in [1.82, 2.24) is 14.3 Å². The molecule has 0 amide bonds. The van der Waals surface area contributed by atoms with Crippen molar-refractivity contribution < 1.29 is 9.53 Å². The van der Waals surface area contributed by atoms with E-state index in [1.54, 1.807) is 0 Å². The lowest BCUT2D eigenvalue weighted by Crippen LogP contribution is -2.27. The standard InChI is InChI=1S/C20H25N3O3S.ClH/c1-5-22(6-2)9-10-26-19(25)17-12-23-18(24)15-11-14(13(3)4)7-8-16(15)21-20(23)27-17;/h7-8,11-13H,5-6,9-10H2,1-4H3;1H. The Morgan fingerprint density at radius 3 is 2.64 bits per heavy atom. The van der Waals surface area contributed by atoms with Crippen molar-refractivity contribution in [3.63, 3.8) is 0 Å². The predicted octanol–water partition coefficient (Wildman–Crippen LogP) is 3.95. The van der Waals surface area contributed by atoms with Crippen LogP contribution in [0.25, 0.3) is 15.9 Å². The van der Waals surface area contributed by atoms with Gasteiger partial charge in [0.25, 0.3) is 5.56 Å². The fourth-order valence-corrected chi connectivity index (χ4v) is 3.83. The number of benzene rings is 1. The maximum absolute atomic E-state index is 12.9. The second-order valence-corrected chi connectivity index (χ2v) is 7.77. The summed E-state index contributed by atoms with van der Waals surface area (Å²) in [5.41, 5.74) is 1.58. The number of hydrogen-bond acceptors (Lipinski definition) is 6. The van der Waals surface area contributed by atoms with Crippen LogP contribution in [-0.2, 0) is 4.74 Å². The first-order valence-corrected chi connectivity index (χ1v) is 10.1. The molecule has 3 rings (SSSR count). The smallest absolute Gasteiger partial charge is 0.350 e. The number of thiazole rings is 1. The van der Waals surface area contributed by atoms with E-state index in [4.69, 9.17) is 4.74 Å². The summed E-state index contributed by atoms with van der Waals surface area (Å²) in [5.74, 6) is -0.0858. The van der Waals surface area contributed by atoms with E-state index in [1.165, 1.54) is 21.9 Å². The summed E-state index contributed by atoms with van der Waals surface area (Å²) in [4.78, 5) is 32.8. The number of rotatable bonds is 7. The van der Waals surface area contributed by atoms with Crippen LogP contribution >= 0.6 is 23.7 Å². The number of ether oxygens (including phenoxy) is 1. The van der Waals surface area contributed by atoms with Gasteiger partial charge in [0.1, 0.15) is 11.5 Å². The fourth-order valence-electron chi connectivity index (χ4n) is 2.96. The zero-order valence-corrected chi connectivity index (χ0v) is 18.2. The predicted molar refractivity (Wildman–Crippen MR) is 116 cm³/mol. The number of aromatic nitrogens is 2. The second-order valence-electron chi connectivity index (χ2n) is 6.76. The lowest BCUT2D eigenvalue weighted by molar-refractivity contribution is 0.0471. The zero-order chi connectivity index (χ0) is 19.6. The highest BCUT2D eigenvalue weighted by molar-refractivity contribution is 7.18. The molecule has 0 unspecified atom stereocenters. The molecule has 1 aromatic carbocycles. The summed E-state index contributed by atoms with van der Waals surface area (Å²) < 4.78 is 6.81. The van der Waals surface area contributed by atoms with E-state index in [0.717, 1.165) is 18.7 Å². The summed E-state index contributed by atoms with van der Waals surface area (Å²) in [5, 5.41) is 0.568. The van der Waals surface area contributed by atoms with Gasteiger partial charge in [0.2, 0.25) is 0 Å². The fraction of sp³-hybridized carbons (Fsp3) is 0.450. The third-order valence-electron chi connectivity index (χ3n) is 4.74. The van der Waals surface area contributed by atoms with Gasteiger partial charge in [-0.25, -0.2) is 9.78 Å². The third kappa shape index (κ3) is 4.54. The lowest BCUT2D eigenvalue weighted by Gasteiger charge is -2.17. The number of carbonyl (C=O) groups excluding carboxylic acids is 1. The van der Waals surface area contributed by atoms with Gasteiger partial charge < -0.3 is 9.64 Å². The molecule has 152 valence electrons. The molecule has 0 spiro atoms. The van der Waals surface area contributed by atoms with Gasteiger partial charge in [-0.1, -0.05) is 45.1 Å². The summed E-state index contributed by atoms with van der Waals surface area (Å²) in [6.07, 6.45) is 1.54. The molecule has 6 nitrogen and oxygen atoms in total. The van der Waals surface area contributed by atoms with Crippen LogP contribution in [0.15, 0.2) is 29.2 Å². The molecule has 0 saturated carbocycles. The first-order chi connectivity index (χ1) is 12.9. The topological polar surface area (TPSA) is 63.9 Å². The van der Waals surface area contributed by atoms with Gasteiger partial charge in [-0.15, -0.1) is 12.4 Å². The minimum absolute atomic E-state index is 0. The Balaban J connectivity index is 0.00000280. The molecule has 8 heteroatoms. The van der Waals surface area contributed by atoms with Crippen LogP contribution in [-0.4, -0.2) is 46.5 Å². The first-order valence-electron chi connectivity index (χ1n) is 9.29. The maximum atomic E-state index is 12.9. The van der Waals surface area contributed by atoms with Crippen molar-refractivity contribution in [2.24, 2.45) is 0 Å². The molecule has 0 fully saturated rings. The van der Waals surface area contributed by atoms with Crippen molar-refractivity contribution in [2.75, 3.05) is 26.2 Å². The van der Waals surface area contributed by atoms with E-state index in [2.05, 4.69) is 37.6 Å². The molecule has 28 heavy (non-hydrogen) atoms. The average molecular weight is 424 g/mol. The Kier molecular flexibility index (Phi) is 7.57. The van der Waals surface area contributed by atoms with Crippen molar-refractivity contribution in [3.05, 3.63) is 45.2 Å². The normalized spacial score (nSPS) is 11.4. The minimum atomic E-state index is -0.413. The Hall–Kier alpha value is -1.96.